The van der Waals surface area contributed by atoms with Crippen LogP contribution < -0.4 is 10.1 Å². The van der Waals surface area contributed by atoms with Gasteiger partial charge in [0.1, 0.15) is 5.75 Å². The fraction of sp³-hybridized carbons (Fsp3) is 0.211. The lowest BCUT2D eigenvalue weighted by Crippen LogP contribution is -2.43. The minimum Gasteiger partial charge on any atom is -0.497 e. The Balaban J connectivity index is 1.69. The molecule has 1 fully saturated rings. The molecule has 1 atom stereocenters. The predicted molar refractivity (Wildman–Crippen MR) is 94.9 cm³/mol. The van der Waals surface area contributed by atoms with E-state index in [0.29, 0.717) is 22.0 Å². The van der Waals surface area contributed by atoms with E-state index >= 15 is 0 Å². The molecule has 2 aliphatic heterocycles. The number of anilines is 1. The highest BCUT2D eigenvalue weighted by molar-refractivity contribution is 6.32. The highest BCUT2D eigenvalue weighted by Crippen LogP contribution is 2.46. The summed E-state index contributed by atoms with van der Waals surface area (Å²) in [6.45, 7) is 0.104. The number of amides is 3. The molecule has 1 N–H and O–H groups in total. The van der Waals surface area contributed by atoms with Crippen molar-refractivity contribution in [3.63, 3.8) is 0 Å². The summed E-state index contributed by atoms with van der Waals surface area (Å²) in [5.41, 5.74) is 0.232. The quantitative estimate of drug-likeness (QED) is 0.665. The lowest BCUT2D eigenvalue weighted by Gasteiger charge is -2.20. The van der Waals surface area contributed by atoms with Crippen LogP contribution in [-0.2, 0) is 26.3 Å². The van der Waals surface area contributed by atoms with Crippen molar-refractivity contribution in [1.82, 2.24) is 4.90 Å². The van der Waals surface area contributed by atoms with E-state index in [1.54, 1.807) is 49.6 Å². The Morgan fingerprint density at radius 2 is 1.88 bits per heavy atom. The Hall–Kier alpha value is -2.86. The second-order valence-corrected chi connectivity index (χ2v) is 6.80. The number of imide groups is 1. The first kappa shape index (κ1) is 16.6. The molecule has 1 saturated heterocycles. The monoisotopic (exact) mass is 370 g/mol. The van der Waals surface area contributed by atoms with Crippen molar-refractivity contribution in [3.8, 4) is 5.75 Å². The summed E-state index contributed by atoms with van der Waals surface area (Å²) < 4.78 is 5.11. The van der Waals surface area contributed by atoms with Crippen LogP contribution >= 0.6 is 11.6 Å². The molecule has 0 saturated carbocycles. The molecular weight excluding hydrogens is 356 g/mol. The summed E-state index contributed by atoms with van der Waals surface area (Å²) >= 11 is 6.05. The van der Waals surface area contributed by atoms with E-state index in [2.05, 4.69) is 5.32 Å². The molecular formula is C19H15ClN2O4. The molecule has 0 bridgehead atoms. The van der Waals surface area contributed by atoms with Gasteiger partial charge in [-0.05, 0) is 35.9 Å². The number of nitrogens with zero attached hydrogens (tertiary/aromatic N) is 1. The Kier molecular flexibility index (Phi) is 3.73. The molecule has 132 valence electrons. The molecule has 2 aromatic rings. The number of halogens is 1. The minimum absolute atomic E-state index is 0.104. The average Bonchev–Trinajstić information content (AvgIpc) is 3.05. The second kappa shape index (κ2) is 5.85. The number of rotatable bonds is 3. The van der Waals surface area contributed by atoms with Gasteiger partial charge in [-0.25, -0.2) is 0 Å². The van der Waals surface area contributed by atoms with Crippen LogP contribution in [0.25, 0.3) is 0 Å². The summed E-state index contributed by atoms with van der Waals surface area (Å²) in [6.07, 6.45) is -0.193. The molecule has 26 heavy (non-hydrogen) atoms. The van der Waals surface area contributed by atoms with E-state index in [1.807, 2.05) is 0 Å². The number of carbonyl (C=O) groups is 3. The summed E-state index contributed by atoms with van der Waals surface area (Å²) in [7, 11) is 1.56. The molecule has 6 nitrogen and oxygen atoms in total. The van der Waals surface area contributed by atoms with Crippen molar-refractivity contribution in [2.24, 2.45) is 0 Å². The van der Waals surface area contributed by atoms with Crippen LogP contribution in [0.4, 0.5) is 5.69 Å². The van der Waals surface area contributed by atoms with Gasteiger partial charge in [-0.2, -0.15) is 0 Å². The Labute approximate surface area is 154 Å². The first-order chi connectivity index (χ1) is 12.5. The molecule has 3 amide bonds. The molecule has 0 aromatic heterocycles. The Bertz CT molecular complexity index is 941. The van der Waals surface area contributed by atoms with Crippen LogP contribution in [0.1, 0.15) is 17.5 Å². The fourth-order valence-electron chi connectivity index (χ4n) is 3.53. The van der Waals surface area contributed by atoms with Crippen LogP contribution in [0.3, 0.4) is 0 Å². The number of nitrogens with one attached hydrogen (secondary N) is 1. The number of fused-ring (bicyclic) bond motifs is 2. The average molecular weight is 371 g/mol. The van der Waals surface area contributed by atoms with Gasteiger partial charge >= 0.3 is 0 Å². The third-order valence-electron chi connectivity index (χ3n) is 4.90. The van der Waals surface area contributed by atoms with E-state index in [4.69, 9.17) is 16.3 Å². The maximum Gasteiger partial charge on any atom is 0.250 e. The van der Waals surface area contributed by atoms with Crippen LogP contribution in [0.15, 0.2) is 42.5 Å². The zero-order chi connectivity index (χ0) is 18.5. The number of benzene rings is 2. The first-order valence-corrected chi connectivity index (χ1v) is 8.43. The van der Waals surface area contributed by atoms with Gasteiger partial charge < -0.3 is 10.1 Å². The number of hydrogen-bond donors (Lipinski definition) is 1. The highest BCUT2D eigenvalue weighted by Gasteiger charge is 2.61. The number of likely N-dealkylation sites (tertiary alicyclic amines) is 1. The molecule has 2 aliphatic rings. The number of hydrogen-bond acceptors (Lipinski definition) is 4. The molecule has 2 heterocycles. The zero-order valence-corrected chi connectivity index (χ0v) is 14.7. The summed E-state index contributed by atoms with van der Waals surface area (Å²) in [4.78, 5) is 39.5. The fourth-order valence-corrected chi connectivity index (χ4v) is 3.70. The lowest BCUT2D eigenvalue weighted by molar-refractivity contribution is -0.141. The topological polar surface area (TPSA) is 75.7 Å². The van der Waals surface area contributed by atoms with Gasteiger partial charge in [-0.15, -0.1) is 0 Å². The van der Waals surface area contributed by atoms with Crippen LogP contribution in [0.5, 0.6) is 5.75 Å². The minimum atomic E-state index is -1.52. The SMILES string of the molecule is COc1ccc(CN2C(=O)CC3(C(=O)Nc4ccc(Cl)cc43)C2=O)cc1. The third kappa shape index (κ3) is 2.29. The smallest absolute Gasteiger partial charge is 0.250 e. The van der Waals surface area contributed by atoms with Gasteiger partial charge in [0, 0.05) is 16.3 Å². The molecule has 0 aliphatic carbocycles. The lowest BCUT2D eigenvalue weighted by atomic mass is 9.80. The first-order valence-electron chi connectivity index (χ1n) is 8.05. The maximum atomic E-state index is 13.1. The molecule has 2 aromatic carbocycles. The van der Waals surface area contributed by atoms with E-state index in [-0.39, 0.29) is 18.9 Å². The van der Waals surface area contributed by atoms with E-state index in [0.717, 1.165) is 10.5 Å². The maximum absolute atomic E-state index is 13.1. The van der Waals surface area contributed by atoms with Gasteiger partial charge in [0.05, 0.1) is 20.1 Å². The van der Waals surface area contributed by atoms with Crippen molar-refractivity contribution in [2.45, 2.75) is 18.4 Å². The predicted octanol–water partition coefficient (Wildman–Crippen LogP) is 2.50. The van der Waals surface area contributed by atoms with Crippen LogP contribution in [0.2, 0.25) is 5.02 Å². The van der Waals surface area contributed by atoms with Gasteiger partial charge in [0.15, 0.2) is 5.41 Å². The van der Waals surface area contributed by atoms with Crippen molar-refractivity contribution in [3.05, 3.63) is 58.6 Å². The standard InChI is InChI=1S/C19H15ClN2O4/c1-26-13-5-2-11(3-6-13)10-22-16(23)9-19(18(22)25)14-8-12(20)4-7-15(14)21-17(19)24/h2-8H,9-10H2,1H3,(H,21,24). The summed E-state index contributed by atoms with van der Waals surface area (Å²) in [5, 5.41) is 3.10. The van der Waals surface area contributed by atoms with Crippen LogP contribution in [-0.4, -0.2) is 29.7 Å². The number of carbonyl (C=O) groups excluding carboxylic acids is 3. The Morgan fingerprint density at radius 3 is 2.58 bits per heavy atom. The number of ether oxygens (including phenoxy) is 1. The van der Waals surface area contributed by atoms with Crippen molar-refractivity contribution < 1.29 is 19.1 Å². The van der Waals surface area contributed by atoms with Crippen molar-refractivity contribution >= 4 is 35.0 Å². The molecule has 1 unspecified atom stereocenters. The van der Waals surface area contributed by atoms with Gasteiger partial charge in [0.25, 0.3) is 0 Å². The number of methoxy groups -OCH3 is 1. The molecule has 4 rings (SSSR count). The highest BCUT2D eigenvalue weighted by atomic mass is 35.5. The Morgan fingerprint density at radius 1 is 1.15 bits per heavy atom. The van der Waals surface area contributed by atoms with E-state index < -0.39 is 17.2 Å². The van der Waals surface area contributed by atoms with Gasteiger partial charge in [-0.1, -0.05) is 23.7 Å². The van der Waals surface area contributed by atoms with Crippen LogP contribution in [0, 0.1) is 0 Å². The van der Waals surface area contributed by atoms with Gasteiger partial charge in [0.2, 0.25) is 17.7 Å². The third-order valence-corrected chi connectivity index (χ3v) is 5.14. The van der Waals surface area contributed by atoms with E-state index in [9.17, 15) is 14.4 Å². The van der Waals surface area contributed by atoms with Crippen molar-refractivity contribution in [2.75, 3.05) is 12.4 Å². The summed E-state index contributed by atoms with van der Waals surface area (Å²) in [6, 6.07) is 11.9. The van der Waals surface area contributed by atoms with Crippen molar-refractivity contribution in [1.29, 1.82) is 0 Å². The largest absolute Gasteiger partial charge is 0.497 e. The van der Waals surface area contributed by atoms with Gasteiger partial charge in [-0.3, -0.25) is 19.3 Å². The molecule has 1 spiro atoms. The second-order valence-electron chi connectivity index (χ2n) is 6.36. The van der Waals surface area contributed by atoms with E-state index in [1.165, 1.54) is 0 Å². The summed E-state index contributed by atoms with van der Waals surface area (Å²) in [5.74, 6) is -0.695. The molecule has 7 heteroatoms. The zero-order valence-electron chi connectivity index (χ0n) is 13.9. The normalized spacial score (nSPS) is 21.3. The molecule has 0 radical (unpaired) electrons.